The molecule has 0 aliphatic rings. The Hall–Kier alpha value is -2.05. The Morgan fingerprint density at radius 1 is 1.13 bits per heavy atom. The second-order valence-electron chi connectivity index (χ2n) is 5.21. The van der Waals surface area contributed by atoms with Gasteiger partial charge in [-0.2, -0.15) is 0 Å². The fourth-order valence-corrected chi connectivity index (χ4v) is 2.76. The van der Waals surface area contributed by atoms with Gasteiger partial charge in [-0.1, -0.05) is 23.7 Å². The molecule has 0 aromatic heterocycles. The van der Waals surface area contributed by atoms with Crippen molar-refractivity contribution in [2.45, 2.75) is 13.5 Å². The van der Waals surface area contributed by atoms with Gasteiger partial charge in [0.1, 0.15) is 0 Å². The van der Waals surface area contributed by atoms with E-state index in [9.17, 15) is 13.2 Å². The van der Waals surface area contributed by atoms with Crippen molar-refractivity contribution in [1.29, 1.82) is 0 Å². The van der Waals surface area contributed by atoms with Crippen molar-refractivity contribution in [1.82, 2.24) is 5.32 Å². The normalized spacial score (nSPS) is 11.1. The highest BCUT2D eigenvalue weighted by atomic mass is 35.5. The third-order valence-electron chi connectivity index (χ3n) is 3.15. The highest BCUT2D eigenvalue weighted by molar-refractivity contribution is 7.92. The lowest BCUT2D eigenvalue weighted by Crippen LogP contribution is -2.23. The molecule has 2 rings (SSSR count). The van der Waals surface area contributed by atoms with Crippen LogP contribution in [0.25, 0.3) is 0 Å². The molecule has 0 aliphatic carbocycles. The maximum absolute atomic E-state index is 12.2. The quantitative estimate of drug-likeness (QED) is 0.868. The molecule has 0 atom stereocenters. The SMILES string of the molecule is Cc1cc(C(=O)NCc2ccc(Cl)cc2)ccc1NS(C)(=O)=O. The first-order chi connectivity index (χ1) is 10.7. The molecule has 122 valence electrons. The van der Waals surface area contributed by atoms with Crippen LogP contribution in [0.1, 0.15) is 21.5 Å². The zero-order valence-corrected chi connectivity index (χ0v) is 14.3. The number of hydrogen-bond acceptors (Lipinski definition) is 3. The molecule has 0 fully saturated rings. The predicted molar refractivity (Wildman–Crippen MR) is 92.3 cm³/mol. The van der Waals surface area contributed by atoms with Gasteiger partial charge in [-0.15, -0.1) is 0 Å². The monoisotopic (exact) mass is 352 g/mol. The topological polar surface area (TPSA) is 75.3 Å². The fraction of sp³-hybridized carbons (Fsp3) is 0.188. The van der Waals surface area contributed by atoms with E-state index in [2.05, 4.69) is 10.0 Å². The Kier molecular flexibility index (Phi) is 5.28. The van der Waals surface area contributed by atoms with Crippen LogP contribution in [0.4, 0.5) is 5.69 Å². The van der Waals surface area contributed by atoms with Crippen molar-refractivity contribution in [2.75, 3.05) is 11.0 Å². The summed E-state index contributed by atoms with van der Waals surface area (Å²) in [7, 11) is -3.34. The van der Waals surface area contributed by atoms with Gasteiger partial charge in [0.25, 0.3) is 5.91 Å². The number of aryl methyl sites for hydroxylation is 1. The van der Waals surface area contributed by atoms with Crippen LogP contribution in [0.15, 0.2) is 42.5 Å². The molecule has 7 heteroatoms. The average molecular weight is 353 g/mol. The summed E-state index contributed by atoms with van der Waals surface area (Å²) in [5.74, 6) is -0.228. The molecule has 2 N–H and O–H groups in total. The minimum absolute atomic E-state index is 0.228. The summed E-state index contributed by atoms with van der Waals surface area (Å²) in [6.45, 7) is 2.13. The third-order valence-corrected chi connectivity index (χ3v) is 3.99. The van der Waals surface area contributed by atoms with E-state index in [1.165, 1.54) is 0 Å². The predicted octanol–water partition coefficient (Wildman–Crippen LogP) is 2.95. The van der Waals surface area contributed by atoms with Gasteiger partial charge >= 0.3 is 0 Å². The summed E-state index contributed by atoms with van der Waals surface area (Å²) in [5, 5.41) is 3.45. The van der Waals surface area contributed by atoms with E-state index in [0.717, 1.165) is 11.8 Å². The Labute approximate surface area is 140 Å². The highest BCUT2D eigenvalue weighted by Gasteiger charge is 2.10. The summed E-state index contributed by atoms with van der Waals surface area (Å²) in [6.07, 6.45) is 1.08. The highest BCUT2D eigenvalue weighted by Crippen LogP contribution is 2.18. The van der Waals surface area contributed by atoms with Crippen molar-refractivity contribution in [3.8, 4) is 0 Å². The molecule has 0 heterocycles. The average Bonchev–Trinajstić information content (AvgIpc) is 2.47. The molecule has 0 unspecified atom stereocenters. The molecule has 0 aliphatic heterocycles. The first kappa shape index (κ1) is 17.3. The lowest BCUT2D eigenvalue weighted by molar-refractivity contribution is 0.0951. The van der Waals surface area contributed by atoms with E-state index in [0.29, 0.717) is 28.4 Å². The fourth-order valence-electron chi connectivity index (χ4n) is 2.01. The first-order valence-electron chi connectivity index (χ1n) is 6.86. The Morgan fingerprint density at radius 3 is 2.35 bits per heavy atom. The van der Waals surface area contributed by atoms with Gasteiger partial charge in [0.15, 0.2) is 0 Å². The first-order valence-corrected chi connectivity index (χ1v) is 9.12. The van der Waals surface area contributed by atoms with Gasteiger partial charge in [0.2, 0.25) is 10.0 Å². The number of halogens is 1. The zero-order chi connectivity index (χ0) is 17.0. The van der Waals surface area contributed by atoms with Crippen LogP contribution < -0.4 is 10.0 Å². The van der Waals surface area contributed by atoms with E-state index < -0.39 is 10.0 Å². The maximum Gasteiger partial charge on any atom is 0.251 e. The summed E-state index contributed by atoms with van der Waals surface area (Å²) in [6, 6.07) is 12.0. The summed E-state index contributed by atoms with van der Waals surface area (Å²) >= 11 is 5.81. The molecule has 0 spiro atoms. The second-order valence-corrected chi connectivity index (χ2v) is 7.40. The Balaban J connectivity index is 2.05. The van der Waals surface area contributed by atoms with E-state index in [-0.39, 0.29) is 5.91 Å². The molecular weight excluding hydrogens is 336 g/mol. The van der Waals surface area contributed by atoms with Crippen molar-refractivity contribution in [3.63, 3.8) is 0 Å². The molecule has 2 aromatic rings. The number of carbonyl (C=O) groups excluding carboxylic acids is 1. The molecule has 1 amide bonds. The third kappa shape index (κ3) is 5.26. The number of carbonyl (C=O) groups is 1. The largest absolute Gasteiger partial charge is 0.348 e. The van der Waals surface area contributed by atoms with Crippen molar-refractivity contribution < 1.29 is 13.2 Å². The molecular formula is C16H17ClN2O3S. The number of nitrogens with one attached hydrogen (secondary N) is 2. The number of anilines is 1. The van der Waals surface area contributed by atoms with E-state index in [4.69, 9.17) is 11.6 Å². The van der Waals surface area contributed by atoms with Gasteiger partial charge in [0.05, 0.1) is 11.9 Å². The lowest BCUT2D eigenvalue weighted by Gasteiger charge is -2.10. The second kappa shape index (κ2) is 7.02. The molecule has 0 radical (unpaired) electrons. The Bertz CT molecular complexity index is 818. The lowest BCUT2D eigenvalue weighted by atomic mass is 10.1. The molecule has 2 aromatic carbocycles. The minimum atomic E-state index is -3.34. The number of amides is 1. The van der Waals surface area contributed by atoms with E-state index in [1.807, 2.05) is 12.1 Å². The maximum atomic E-state index is 12.2. The molecule has 0 bridgehead atoms. The van der Waals surface area contributed by atoms with Crippen molar-refractivity contribution >= 4 is 33.2 Å². The van der Waals surface area contributed by atoms with Gasteiger partial charge < -0.3 is 5.32 Å². The van der Waals surface area contributed by atoms with Gasteiger partial charge in [-0.3, -0.25) is 9.52 Å². The van der Waals surface area contributed by atoms with E-state index >= 15 is 0 Å². The molecule has 23 heavy (non-hydrogen) atoms. The van der Waals surface area contributed by atoms with Crippen LogP contribution in [-0.2, 0) is 16.6 Å². The van der Waals surface area contributed by atoms with Gasteiger partial charge in [-0.05, 0) is 48.4 Å². The van der Waals surface area contributed by atoms with Gasteiger partial charge in [-0.25, -0.2) is 8.42 Å². The molecule has 0 saturated carbocycles. The van der Waals surface area contributed by atoms with Crippen LogP contribution in [0.5, 0.6) is 0 Å². The van der Waals surface area contributed by atoms with Crippen molar-refractivity contribution in [2.24, 2.45) is 0 Å². The summed E-state index contributed by atoms with van der Waals surface area (Å²) in [4.78, 5) is 12.2. The van der Waals surface area contributed by atoms with Crippen LogP contribution in [0.2, 0.25) is 5.02 Å². The number of hydrogen-bond donors (Lipinski definition) is 2. The molecule has 0 saturated heterocycles. The number of benzene rings is 2. The number of rotatable bonds is 5. The van der Waals surface area contributed by atoms with Crippen LogP contribution in [0, 0.1) is 6.92 Å². The summed E-state index contributed by atoms with van der Waals surface area (Å²) < 4.78 is 24.9. The van der Waals surface area contributed by atoms with Gasteiger partial charge in [0, 0.05) is 17.1 Å². The van der Waals surface area contributed by atoms with Crippen LogP contribution in [-0.4, -0.2) is 20.6 Å². The molecule has 5 nitrogen and oxygen atoms in total. The smallest absolute Gasteiger partial charge is 0.251 e. The van der Waals surface area contributed by atoms with Crippen molar-refractivity contribution in [3.05, 3.63) is 64.2 Å². The summed E-state index contributed by atoms with van der Waals surface area (Å²) in [5.41, 5.74) is 2.54. The Morgan fingerprint density at radius 2 is 1.78 bits per heavy atom. The van der Waals surface area contributed by atoms with E-state index in [1.54, 1.807) is 37.3 Å². The minimum Gasteiger partial charge on any atom is -0.348 e. The number of sulfonamides is 1. The standard InChI is InChI=1S/C16H17ClN2O3S/c1-11-9-13(5-8-15(11)19-23(2,21)22)16(20)18-10-12-3-6-14(17)7-4-12/h3-9,19H,10H2,1-2H3,(H,18,20). The van der Waals surface area contributed by atoms with Crippen LogP contribution >= 0.6 is 11.6 Å². The van der Waals surface area contributed by atoms with Crippen LogP contribution in [0.3, 0.4) is 0 Å². The zero-order valence-electron chi connectivity index (χ0n) is 12.8.